The monoisotopic (exact) mass is 593 g/mol. The van der Waals surface area contributed by atoms with Gasteiger partial charge in [-0.3, -0.25) is 0 Å². The Labute approximate surface area is 251 Å². The average molecular weight is 594 g/mol. The van der Waals surface area contributed by atoms with Crippen LogP contribution < -0.4 is 0 Å². The molecule has 0 saturated carbocycles. The van der Waals surface area contributed by atoms with Crippen LogP contribution >= 0.6 is 0 Å². The highest BCUT2D eigenvalue weighted by Crippen LogP contribution is 2.27. The molecule has 4 N–H and O–H groups in total. The first-order chi connectivity index (χ1) is 21.1. The molecule has 12 nitrogen and oxygen atoms in total. The second-order valence-electron chi connectivity index (χ2n) is 9.41. The van der Waals surface area contributed by atoms with Crippen LogP contribution in [-0.2, 0) is 6.42 Å². The normalized spacial score (nSPS) is 11.0. The van der Waals surface area contributed by atoms with Crippen molar-refractivity contribution >= 4 is 34.7 Å². The van der Waals surface area contributed by atoms with Crippen molar-refractivity contribution in [2.45, 2.75) is 20.3 Å². The molecule has 0 spiro atoms. The number of benzene rings is 4. The van der Waals surface area contributed by atoms with E-state index in [1.165, 1.54) is 36.4 Å². The molecule has 0 unspecified atom stereocenters. The third-order valence-corrected chi connectivity index (χ3v) is 6.29. The van der Waals surface area contributed by atoms with Gasteiger partial charge in [0.15, 0.2) is 0 Å². The zero-order valence-corrected chi connectivity index (χ0v) is 23.6. The van der Waals surface area contributed by atoms with Gasteiger partial charge in [0.25, 0.3) is 0 Å². The van der Waals surface area contributed by atoms with Crippen LogP contribution in [0.1, 0.15) is 43.3 Å². The summed E-state index contributed by atoms with van der Waals surface area (Å²) >= 11 is 0. The molecule has 0 aliphatic heterocycles. The third kappa shape index (κ3) is 8.19. The van der Waals surface area contributed by atoms with E-state index in [2.05, 4.69) is 25.6 Å². The Morgan fingerprint density at radius 2 is 1.11 bits per heavy atom. The Morgan fingerprint density at radius 3 is 1.57 bits per heavy atom. The number of aromatic hydroxyl groups is 2. The number of aryl methyl sites for hydroxylation is 1. The number of hydrogen-bond donors (Lipinski definition) is 4. The van der Waals surface area contributed by atoms with Gasteiger partial charge >= 0.3 is 11.9 Å². The standard InChI is InChI=1S/C19H17N3O4.C13H10N2O3/c1-11-12(2)22-26-18(11)9-13-3-5-14(6-4-13)20-21-15-7-8-17(23)16(10-15)19(24)25;16-12-7-6-10(8-11(12)13(17)18)15-14-9-4-2-1-3-5-9/h3-8,10,23H,9H2,1-2H3,(H,24,25);1-8,16H,(H,17,18). The number of carboxylic acids is 2. The zero-order chi connectivity index (χ0) is 31.6. The predicted molar refractivity (Wildman–Crippen MR) is 160 cm³/mol. The van der Waals surface area contributed by atoms with Crippen LogP contribution in [0.25, 0.3) is 0 Å². The number of aromatic carboxylic acids is 2. The van der Waals surface area contributed by atoms with E-state index in [4.69, 9.17) is 14.7 Å². The van der Waals surface area contributed by atoms with Crippen molar-refractivity contribution in [1.29, 1.82) is 0 Å². The number of azo groups is 2. The zero-order valence-electron chi connectivity index (χ0n) is 23.6. The molecule has 1 heterocycles. The van der Waals surface area contributed by atoms with E-state index in [9.17, 15) is 19.8 Å². The molecule has 0 fully saturated rings. The van der Waals surface area contributed by atoms with Crippen LogP contribution in [0.5, 0.6) is 11.5 Å². The maximum Gasteiger partial charge on any atom is 0.339 e. The molecular formula is C32H27N5O7. The summed E-state index contributed by atoms with van der Waals surface area (Å²) in [6, 6.07) is 24.6. The second-order valence-corrected chi connectivity index (χ2v) is 9.41. The maximum atomic E-state index is 11.0. The van der Waals surface area contributed by atoms with Gasteiger partial charge < -0.3 is 24.9 Å². The van der Waals surface area contributed by atoms with Crippen molar-refractivity contribution in [1.82, 2.24) is 5.16 Å². The van der Waals surface area contributed by atoms with Crippen LogP contribution in [-0.4, -0.2) is 37.5 Å². The maximum absolute atomic E-state index is 11.0. The van der Waals surface area contributed by atoms with Crippen molar-refractivity contribution in [3.63, 3.8) is 0 Å². The Morgan fingerprint density at radius 1 is 0.659 bits per heavy atom. The molecule has 0 amide bonds. The van der Waals surface area contributed by atoms with Crippen molar-refractivity contribution in [2.24, 2.45) is 20.5 Å². The largest absolute Gasteiger partial charge is 0.507 e. The number of phenols is 2. The molecule has 12 heteroatoms. The minimum absolute atomic E-state index is 0.195. The topological polar surface area (TPSA) is 191 Å². The summed E-state index contributed by atoms with van der Waals surface area (Å²) in [5.41, 5.74) is 4.60. The highest BCUT2D eigenvalue weighted by Gasteiger charge is 2.11. The molecule has 0 atom stereocenters. The molecule has 4 aromatic carbocycles. The smallest absolute Gasteiger partial charge is 0.339 e. The molecule has 0 saturated heterocycles. The van der Waals surface area contributed by atoms with Crippen LogP contribution in [0.4, 0.5) is 22.7 Å². The lowest BCUT2D eigenvalue weighted by Crippen LogP contribution is -1.95. The SMILES string of the molecule is Cc1noc(Cc2ccc(N=Nc3ccc(O)c(C(=O)O)c3)cc2)c1C.O=C(O)c1cc(N=Nc2ccccc2)ccc1O. The van der Waals surface area contributed by atoms with Crippen LogP contribution in [0.3, 0.4) is 0 Å². The first-order valence-corrected chi connectivity index (χ1v) is 13.1. The first-order valence-electron chi connectivity index (χ1n) is 13.1. The summed E-state index contributed by atoms with van der Waals surface area (Å²) in [5.74, 6) is -2.19. The molecule has 0 aliphatic carbocycles. The van der Waals surface area contributed by atoms with Gasteiger partial charge in [-0.2, -0.15) is 20.5 Å². The Hall–Kier alpha value is -6.17. The molecule has 1 aromatic heterocycles. The van der Waals surface area contributed by atoms with E-state index in [1.807, 2.05) is 56.3 Å². The molecule has 5 rings (SSSR count). The number of rotatable bonds is 8. The average Bonchev–Trinajstić information content (AvgIpc) is 3.33. The van der Waals surface area contributed by atoms with E-state index in [0.717, 1.165) is 22.6 Å². The van der Waals surface area contributed by atoms with Crippen molar-refractivity contribution in [3.8, 4) is 11.5 Å². The number of hydrogen-bond acceptors (Lipinski definition) is 10. The molecule has 0 aliphatic rings. The highest BCUT2D eigenvalue weighted by molar-refractivity contribution is 5.92. The summed E-state index contributed by atoms with van der Waals surface area (Å²) in [4.78, 5) is 21.8. The second kappa shape index (κ2) is 14.1. The first kappa shape index (κ1) is 30.8. The van der Waals surface area contributed by atoms with E-state index in [0.29, 0.717) is 29.2 Å². The van der Waals surface area contributed by atoms with Gasteiger partial charge in [0, 0.05) is 12.0 Å². The predicted octanol–water partition coefficient (Wildman–Crippen LogP) is 8.21. The summed E-state index contributed by atoms with van der Waals surface area (Å²) in [6.45, 7) is 3.89. The Kier molecular flexibility index (Phi) is 9.89. The van der Waals surface area contributed by atoms with Gasteiger partial charge in [0.2, 0.25) is 0 Å². The molecular weight excluding hydrogens is 566 g/mol. The van der Waals surface area contributed by atoms with Gasteiger partial charge in [-0.05, 0) is 80.1 Å². The number of nitrogens with zero attached hydrogens (tertiary/aromatic N) is 5. The Bertz CT molecular complexity index is 1830. The number of carbonyl (C=O) groups is 2. The lowest BCUT2D eigenvalue weighted by atomic mass is 10.1. The van der Waals surface area contributed by atoms with E-state index in [-0.39, 0.29) is 22.6 Å². The fourth-order valence-corrected chi connectivity index (χ4v) is 3.73. The fraction of sp³-hybridized carbons (Fsp3) is 0.0938. The third-order valence-electron chi connectivity index (χ3n) is 6.29. The molecule has 44 heavy (non-hydrogen) atoms. The minimum Gasteiger partial charge on any atom is -0.507 e. The molecule has 222 valence electrons. The molecule has 5 aromatic rings. The van der Waals surface area contributed by atoms with Crippen LogP contribution in [0.2, 0.25) is 0 Å². The van der Waals surface area contributed by atoms with E-state index in [1.54, 1.807) is 12.1 Å². The summed E-state index contributed by atoms with van der Waals surface area (Å²) in [6.07, 6.45) is 0.643. The number of carboxylic acid groups (broad SMARTS) is 2. The summed E-state index contributed by atoms with van der Waals surface area (Å²) < 4.78 is 5.31. The van der Waals surface area contributed by atoms with Crippen LogP contribution in [0, 0.1) is 13.8 Å². The van der Waals surface area contributed by atoms with Gasteiger partial charge in [-0.1, -0.05) is 35.5 Å². The van der Waals surface area contributed by atoms with Crippen LogP contribution in [0.15, 0.2) is 116 Å². The number of aromatic nitrogens is 1. The summed E-state index contributed by atoms with van der Waals surface area (Å²) in [5, 5.41) is 56.6. The minimum atomic E-state index is -1.22. The van der Waals surface area contributed by atoms with Gasteiger partial charge in [-0.25, -0.2) is 9.59 Å². The quantitative estimate of drug-likeness (QED) is 0.129. The highest BCUT2D eigenvalue weighted by atomic mass is 16.5. The lowest BCUT2D eigenvalue weighted by Gasteiger charge is -2.01. The Balaban J connectivity index is 0.000000215. The molecule has 0 radical (unpaired) electrons. The van der Waals surface area contributed by atoms with Gasteiger partial charge in [0.1, 0.15) is 28.4 Å². The van der Waals surface area contributed by atoms with Crippen molar-refractivity contribution in [2.75, 3.05) is 0 Å². The fourth-order valence-electron chi connectivity index (χ4n) is 3.73. The van der Waals surface area contributed by atoms with E-state index < -0.39 is 11.9 Å². The van der Waals surface area contributed by atoms with Gasteiger partial charge in [-0.15, -0.1) is 0 Å². The van der Waals surface area contributed by atoms with Crippen molar-refractivity contribution in [3.05, 3.63) is 125 Å². The van der Waals surface area contributed by atoms with E-state index >= 15 is 0 Å². The molecule has 0 bridgehead atoms. The van der Waals surface area contributed by atoms with Gasteiger partial charge in [0.05, 0.1) is 28.4 Å². The lowest BCUT2D eigenvalue weighted by molar-refractivity contribution is 0.0682. The summed E-state index contributed by atoms with van der Waals surface area (Å²) in [7, 11) is 0. The van der Waals surface area contributed by atoms with Crippen molar-refractivity contribution < 1.29 is 34.5 Å².